The molecule has 2 aromatic heterocycles. The normalized spacial score (nSPS) is 12.4. The molecule has 1 atom stereocenters. The molecule has 2 aromatic rings. The maximum atomic E-state index is 6.08. The fraction of sp³-hybridized carbons (Fsp3) is 0.200. The van der Waals surface area contributed by atoms with Crippen LogP contribution in [-0.2, 0) is 0 Å². The number of hydrogen-bond acceptors (Lipinski definition) is 5. The molecule has 4 nitrogen and oxygen atoms in total. The topological polar surface area (TPSA) is 61.0 Å². The molecule has 6 heteroatoms. The van der Waals surface area contributed by atoms with Crippen molar-refractivity contribution in [1.29, 1.82) is 0 Å². The van der Waals surface area contributed by atoms with Crippen molar-refractivity contribution in [2.45, 2.75) is 6.04 Å². The SMILES string of the molecule is COc1nccnc1C(N)c1ccc(Cl)s1. The average molecular weight is 256 g/mol. The zero-order valence-electron chi connectivity index (χ0n) is 8.55. The van der Waals surface area contributed by atoms with Gasteiger partial charge in [0.1, 0.15) is 5.69 Å². The average Bonchev–Trinajstić information content (AvgIpc) is 2.75. The minimum absolute atomic E-state index is 0.360. The van der Waals surface area contributed by atoms with Crippen LogP contribution in [-0.4, -0.2) is 17.1 Å². The first-order chi connectivity index (χ1) is 7.72. The van der Waals surface area contributed by atoms with Gasteiger partial charge in [-0.25, -0.2) is 4.98 Å². The van der Waals surface area contributed by atoms with Gasteiger partial charge in [-0.15, -0.1) is 11.3 Å². The molecule has 0 saturated heterocycles. The van der Waals surface area contributed by atoms with Crippen molar-refractivity contribution < 1.29 is 4.74 Å². The first-order valence-corrected chi connectivity index (χ1v) is 5.77. The highest BCUT2D eigenvalue weighted by molar-refractivity contribution is 7.16. The van der Waals surface area contributed by atoms with Gasteiger partial charge in [0.05, 0.1) is 17.5 Å². The van der Waals surface area contributed by atoms with Gasteiger partial charge in [0, 0.05) is 17.3 Å². The Hall–Kier alpha value is -1.17. The molecular weight excluding hydrogens is 246 g/mol. The number of ether oxygens (including phenoxy) is 1. The summed E-state index contributed by atoms with van der Waals surface area (Å²) in [4.78, 5) is 9.18. The number of aromatic nitrogens is 2. The smallest absolute Gasteiger partial charge is 0.237 e. The lowest BCUT2D eigenvalue weighted by Crippen LogP contribution is -2.14. The third-order valence-corrected chi connectivity index (χ3v) is 3.39. The van der Waals surface area contributed by atoms with Crippen LogP contribution in [0.15, 0.2) is 24.5 Å². The van der Waals surface area contributed by atoms with E-state index < -0.39 is 0 Å². The monoisotopic (exact) mass is 255 g/mol. The number of methoxy groups -OCH3 is 1. The van der Waals surface area contributed by atoms with Gasteiger partial charge in [-0.3, -0.25) is 4.98 Å². The number of hydrogen-bond donors (Lipinski definition) is 1. The van der Waals surface area contributed by atoms with E-state index in [-0.39, 0.29) is 6.04 Å². The Labute approximate surface area is 102 Å². The maximum absolute atomic E-state index is 6.08. The van der Waals surface area contributed by atoms with Gasteiger partial charge >= 0.3 is 0 Å². The molecule has 0 spiro atoms. The molecule has 2 rings (SSSR count). The largest absolute Gasteiger partial charge is 0.480 e. The highest BCUT2D eigenvalue weighted by Crippen LogP contribution is 2.31. The van der Waals surface area contributed by atoms with Crippen molar-refractivity contribution in [1.82, 2.24) is 9.97 Å². The van der Waals surface area contributed by atoms with Gasteiger partial charge in [0.15, 0.2) is 0 Å². The standard InChI is InChI=1S/C10H10ClN3OS/c1-15-10-9(13-4-5-14-10)8(12)6-2-3-7(11)16-6/h2-5,8H,12H2,1H3. The minimum atomic E-state index is -0.360. The second-order valence-electron chi connectivity index (χ2n) is 3.07. The number of rotatable bonds is 3. The predicted molar refractivity (Wildman–Crippen MR) is 63.9 cm³/mol. The summed E-state index contributed by atoms with van der Waals surface area (Å²) in [6.07, 6.45) is 3.16. The first-order valence-electron chi connectivity index (χ1n) is 4.58. The van der Waals surface area contributed by atoms with Crippen LogP contribution in [0.1, 0.15) is 16.6 Å². The summed E-state index contributed by atoms with van der Waals surface area (Å²) in [7, 11) is 1.54. The van der Waals surface area contributed by atoms with E-state index in [0.717, 1.165) is 4.88 Å². The van der Waals surface area contributed by atoms with E-state index in [0.29, 0.717) is 15.9 Å². The van der Waals surface area contributed by atoms with Crippen molar-refractivity contribution in [3.63, 3.8) is 0 Å². The van der Waals surface area contributed by atoms with Crippen molar-refractivity contribution in [2.24, 2.45) is 5.73 Å². The maximum Gasteiger partial charge on any atom is 0.237 e. The summed E-state index contributed by atoms with van der Waals surface area (Å²) in [6.45, 7) is 0. The Morgan fingerprint density at radius 1 is 1.38 bits per heavy atom. The van der Waals surface area contributed by atoms with E-state index in [1.54, 1.807) is 19.5 Å². The van der Waals surface area contributed by atoms with E-state index in [4.69, 9.17) is 22.1 Å². The van der Waals surface area contributed by atoms with Crippen LogP contribution in [0.3, 0.4) is 0 Å². The Kier molecular flexibility index (Phi) is 3.38. The van der Waals surface area contributed by atoms with Crippen LogP contribution in [0.4, 0.5) is 0 Å². The highest BCUT2D eigenvalue weighted by Gasteiger charge is 2.17. The zero-order valence-corrected chi connectivity index (χ0v) is 10.1. The summed E-state index contributed by atoms with van der Waals surface area (Å²) < 4.78 is 5.81. The third-order valence-electron chi connectivity index (χ3n) is 2.08. The highest BCUT2D eigenvalue weighted by atomic mass is 35.5. The molecule has 0 aliphatic rings. The fourth-order valence-electron chi connectivity index (χ4n) is 1.34. The molecule has 0 saturated carbocycles. The van der Waals surface area contributed by atoms with E-state index in [2.05, 4.69) is 9.97 Å². The molecule has 1 unspecified atom stereocenters. The summed E-state index contributed by atoms with van der Waals surface area (Å²) >= 11 is 7.29. The molecule has 0 aliphatic heterocycles. The van der Waals surface area contributed by atoms with Gasteiger partial charge < -0.3 is 10.5 Å². The Morgan fingerprint density at radius 3 is 2.75 bits per heavy atom. The van der Waals surface area contributed by atoms with Gasteiger partial charge in [0.25, 0.3) is 0 Å². The fourth-order valence-corrected chi connectivity index (χ4v) is 2.40. The molecule has 0 aromatic carbocycles. The van der Waals surface area contributed by atoms with Gasteiger partial charge in [-0.05, 0) is 12.1 Å². The molecular formula is C10H10ClN3OS. The van der Waals surface area contributed by atoms with Gasteiger partial charge in [0.2, 0.25) is 5.88 Å². The van der Waals surface area contributed by atoms with Crippen molar-refractivity contribution in [3.05, 3.63) is 39.4 Å². The third kappa shape index (κ3) is 2.16. The zero-order chi connectivity index (χ0) is 11.5. The van der Waals surface area contributed by atoms with Crippen LogP contribution < -0.4 is 10.5 Å². The molecule has 2 heterocycles. The predicted octanol–water partition coefficient (Wildman–Crippen LogP) is 2.25. The van der Waals surface area contributed by atoms with Crippen molar-refractivity contribution >= 4 is 22.9 Å². The first kappa shape index (κ1) is 11.3. The Morgan fingerprint density at radius 2 is 2.12 bits per heavy atom. The lowest BCUT2D eigenvalue weighted by atomic mass is 10.2. The van der Waals surface area contributed by atoms with Gasteiger partial charge in [-0.1, -0.05) is 11.6 Å². The number of thiophene rings is 1. The summed E-state index contributed by atoms with van der Waals surface area (Å²) in [5, 5.41) is 0. The number of nitrogens with zero attached hydrogens (tertiary/aromatic N) is 2. The number of halogens is 1. The van der Waals surface area contributed by atoms with Crippen LogP contribution in [0.25, 0.3) is 0 Å². The van der Waals surface area contributed by atoms with E-state index in [1.807, 2.05) is 12.1 Å². The summed E-state index contributed by atoms with van der Waals surface area (Å²) in [5.74, 6) is 0.444. The minimum Gasteiger partial charge on any atom is -0.480 e. The quantitative estimate of drug-likeness (QED) is 0.914. The Balaban J connectivity index is 2.36. The van der Waals surface area contributed by atoms with Gasteiger partial charge in [-0.2, -0.15) is 0 Å². The molecule has 84 valence electrons. The van der Waals surface area contributed by atoms with Crippen molar-refractivity contribution in [3.8, 4) is 5.88 Å². The molecule has 16 heavy (non-hydrogen) atoms. The van der Waals surface area contributed by atoms with Crippen LogP contribution in [0.5, 0.6) is 5.88 Å². The second-order valence-corrected chi connectivity index (χ2v) is 4.82. The summed E-state index contributed by atoms with van der Waals surface area (Å²) in [6, 6.07) is 3.33. The molecule has 0 bridgehead atoms. The van der Waals surface area contributed by atoms with E-state index >= 15 is 0 Å². The molecule has 0 aliphatic carbocycles. The van der Waals surface area contributed by atoms with Crippen LogP contribution in [0.2, 0.25) is 4.34 Å². The second kappa shape index (κ2) is 4.78. The molecule has 0 fully saturated rings. The molecule has 0 amide bonds. The van der Waals surface area contributed by atoms with Crippen LogP contribution in [0, 0.1) is 0 Å². The van der Waals surface area contributed by atoms with Crippen LogP contribution >= 0.6 is 22.9 Å². The lowest BCUT2D eigenvalue weighted by molar-refractivity contribution is 0.387. The molecule has 0 radical (unpaired) electrons. The lowest BCUT2D eigenvalue weighted by Gasteiger charge is -2.11. The molecule has 2 N–H and O–H groups in total. The van der Waals surface area contributed by atoms with E-state index in [1.165, 1.54) is 11.3 Å². The number of nitrogens with two attached hydrogens (primary N) is 1. The van der Waals surface area contributed by atoms with Crippen molar-refractivity contribution in [2.75, 3.05) is 7.11 Å². The Bertz CT molecular complexity index is 488. The van der Waals surface area contributed by atoms with E-state index in [9.17, 15) is 0 Å². The summed E-state index contributed by atoms with van der Waals surface area (Å²) in [5.41, 5.74) is 6.69.